The first-order valence-electron chi connectivity index (χ1n) is 11.5. The van der Waals surface area contributed by atoms with Crippen LogP contribution >= 0.6 is 0 Å². The van der Waals surface area contributed by atoms with Crippen LogP contribution in [-0.2, 0) is 26.0 Å². The highest BCUT2D eigenvalue weighted by Gasteiger charge is 2.30. The fourth-order valence-electron chi connectivity index (χ4n) is 3.50. The van der Waals surface area contributed by atoms with E-state index in [1.165, 1.54) is 4.90 Å². The van der Waals surface area contributed by atoms with Gasteiger partial charge in [0.05, 0.1) is 18.6 Å². The molecule has 0 aliphatic heterocycles. The van der Waals surface area contributed by atoms with E-state index in [0.29, 0.717) is 25.3 Å². The number of rotatable bonds is 13. The number of benzene rings is 2. The molecule has 34 heavy (non-hydrogen) atoms. The van der Waals surface area contributed by atoms with Gasteiger partial charge in [0.1, 0.15) is 18.3 Å². The lowest BCUT2D eigenvalue weighted by Crippen LogP contribution is -2.52. The summed E-state index contributed by atoms with van der Waals surface area (Å²) in [6.45, 7) is 6.09. The standard InChI is InChI=1S/C25H35N3O5S/c1-5-17-26-25(30)20(3)27(18-16-21-12-8-7-9-13-21)24(29)19-28(34(4,31)32)22-14-10-11-15-23(22)33-6-2/h7-15,20H,5-6,16-19H2,1-4H3,(H,26,30). The second kappa shape index (κ2) is 13.0. The number of anilines is 1. The molecule has 0 aliphatic carbocycles. The van der Waals surface area contributed by atoms with Gasteiger partial charge in [-0.3, -0.25) is 13.9 Å². The van der Waals surface area contributed by atoms with E-state index in [1.54, 1.807) is 38.1 Å². The van der Waals surface area contributed by atoms with Crippen molar-refractivity contribution in [3.05, 3.63) is 60.2 Å². The first-order chi connectivity index (χ1) is 16.2. The molecule has 8 nitrogen and oxygen atoms in total. The second-order valence-electron chi connectivity index (χ2n) is 7.96. The minimum atomic E-state index is -3.81. The van der Waals surface area contributed by atoms with Gasteiger partial charge in [-0.15, -0.1) is 0 Å². The Morgan fingerprint density at radius 2 is 1.68 bits per heavy atom. The molecule has 1 N–H and O–H groups in total. The Morgan fingerprint density at radius 1 is 1.03 bits per heavy atom. The summed E-state index contributed by atoms with van der Waals surface area (Å²) in [7, 11) is -3.81. The first kappa shape index (κ1) is 27.2. The second-order valence-corrected chi connectivity index (χ2v) is 9.87. The molecule has 2 rings (SSSR count). The maximum atomic E-state index is 13.5. The van der Waals surface area contributed by atoms with Crippen LogP contribution in [-0.4, -0.2) is 63.7 Å². The molecule has 0 fully saturated rings. The van der Waals surface area contributed by atoms with Crippen molar-refractivity contribution in [3.8, 4) is 5.75 Å². The van der Waals surface area contributed by atoms with Gasteiger partial charge >= 0.3 is 0 Å². The van der Waals surface area contributed by atoms with Crippen LogP contribution in [0.3, 0.4) is 0 Å². The van der Waals surface area contributed by atoms with Crippen LogP contribution in [0.1, 0.15) is 32.8 Å². The SMILES string of the molecule is CCCNC(=O)C(C)N(CCc1ccccc1)C(=O)CN(c1ccccc1OCC)S(C)(=O)=O. The Hall–Kier alpha value is -3.07. The van der Waals surface area contributed by atoms with Crippen molar-refractivity contribution in [1.29, 1.82) is 0 Å². The van der Waals surface area contributed by atoms with E-state index in [-0.39, 0.29) is 18.1 Å². The van der Waals surface area contributed by atoms with Crippen LogP contribution in [0.25, 0.3) is 0 Å². The molecule has 0 aromatic heterocycles. The van der Waals surface area contributed by atoms with Crippen LogP contribution in [0, 0.1) is 0 Å². The highest BCUT2D eigenvalue weighted by atomic mass is 32.2. The first-order valence-corrected chi connectivity index (χ1v) is 13.3. The largest absolute Gasteiger partial charge is 0.492 e. The summed E-state index contributed by atoms with van der Waals surface area (Å²) in [5.41, 5.74) is 1.30. The monoisotopic (exact) mass is 489 g/mol. The number of carbonyl (C=O) groups is 2. The van der Waals surface area contributed by atoms with Crippen molar-refractivity contribution in [1.82, 2.24) is 10.2 Å². The third kappa shape index (κ3) is 7.76. The fourth-order valence-corrected chi connectivity index (χ4v) is 4.35. The van der Waals surface area contributed by atoms with E-state index in [0.717, 1.165) is 22.5 Å². The summed E-state index contributed by atoms with van der Waals surface area (Å²) in [6.07, 6.45) is 2.35. The zero-order valence-electron chi connectivity index (χ0n) is 20.4. The molecule has 2 aromatic rings. The lowest BCUT2D eigenvalue weighted by molar-refractivity contribution is -0.138. The molecule has 1 unspecified atom stereocenters. The number of hydrogen-bond donors (Lipinski definition) is 1. The number of sulfonamides is 1. The van der Waals surface area contributed by atoms with Crippen LogP contribution in [0.5, 0.6) is 5.75 Å². The van der Waals surface area contributed by atoms with Crippen LogP contribution in [0.4, 0.5) is 5.69 Å². The predicted molar refractivity (Wildman–Crippen MR) is 134 cm³/mol. The highest BCUT2D eigenvalue weighted by Crippen LogP contribution is 2.30. The molecule has 0 bridgehead atoms. The maximum Gasteiger partial charge on any atom is 0.244 e. The van der Waals surface area contributed by atoms with Gasteiger partial charge in [-0.1, -0.05) is 49.4 Å². The van der Waals surface area contributed by atoms with Gasteiger partial charge in [-0.25, -0.2) is 8.42 Å². The maximum absolute atomic E-state index is 13.5. The minimum Gasteiger partial charge on any atom is -0.492 e. The average Bonchev–Trinajstić information content (AvgIpc) is 2.81. The molecule has 0 radical (unpaired) electrons. The van der Waals surface area contributed by atoms with Gasteiger partial charge in [-0.2, -0.15) is 0 Å². The van der Waals surface area contributed by atoms with E-state index in [4.69, 9.17) is 4.74 Å². The number of hydrogen-bond acceptors (Lipinski definition) is 5. The number of amides is 2. The van der Waals surface area contributed by atoms with Crippen LogP contribution in [0.15, 0.2) is 54.6 Å². The van der Waals surface area contributed by atoms with Gasteiger partial charge in [0, 0.05) is 13.1 Å². The van der Waals surface area contributed by atoms with E-state index < -0.39 is 28.5 Å². The summed E-state index contributed by atoms with van der Waals surface area (Å²) < 4.78 is 32.0. The molecule has 2 amide bonds. The van der Waals surface area contributed by atoms with Gasteiger partial charge < -0.3 is 15.0 Å². The summed E-state index contributed by atoms with van der Waals surface area (Å²) in [5.74, 6) is -0.372. The number of nitrogens with zero attached hydrogens (tertiary/aromatic N) is 2. The van der Waals surface area contributed by atoms with Crippen molar-refractivity contribution in [2.24, 2.45) is 0 Å². The summed E-state index contributed by atoms with van der Waals surface area (Å²) in [4.78, 5) is 27.6. The third-order valence-corrected chi connectivity index (χ3v) is 6.44. The van der Waals surface area contributed by atoms with Crippen LogP contribution < -0.4 is 14.4 Å². The summed E-state index contributed by atoms with van der Waals surface area (Å²) in [6, 6.07) is 15.6. The molecule has 0 spiro atoms. The number of ether oxygens (including phenoxy) is 1. The Kier molecular flexibility index (Phi) is 10.4. The topological polar surface area (TPSA) is 96.0 Å². The normalized spacial score (nSPS) is 12.0. The van der Waals surface area contributed by atoms with Gasteiger partial charge in [-0.05, 0) is 44.4 Å². The van der Waals surface area contributed by atoms with Crippen molar-refractivity contribution in [2.75, 3.05) is 36.8 Å². The van der Waals surface area contributed by atoms with Crippen LogP contribution in [0.2, 0.25) is 0 Å². The molecule has 0 saturated carbocycles. The predicted octanol–water partition coefficient (Wildman–Crippen LogP) is 2.84. The number of carbonyl (C=O) groups excluding carboxylic acids is 2. The molecular formula is C25H35N3O5S. The smallest absolute Gasteiger partial charge is 0.244 e. The Labute approximate surface area is 202 Å². The molecule has 2 aromatic carbocycles. The molecule has 1 atom stereocenters. The highest BCUT2D eigenvalue weighted by molar-refractivity contribution is 7.92. The zero-order chi connectivity index (χ0) is 25.1. The zero-order valence-corrected chi connectivity index (χ0v) is 21.2. The number of nitrogens with one attached hydrogen (secondary N) is 1. The Balaban J connectivity index is 2.34. The van der Waals surface area contributed by atoms with Crippen molar-refractivity contribution < 1.29 is 22.7 Å². The van der Waals surface area contributed by atoms with Gasteiger partial charge in [0.25, 0.3) is 0 Å². The third-order valence-electron chi connectivity index (χ3n) is 5.31. The lowest BCUT2D eigenvalue weighted by Gasteiger charge is -2.31. The van der Waals surface area contributed by atoms with Gasteiger partial charge in [0.15, 0.2) is 0 Å². The molecular weight excluding hydrogens is 454 g/mol. The van der Waals surface area contributed by atoms with Gasteiger partial charge in [0.2, 0.25) is 21.8 Å². The van der Waals surface area contributed by atoms with Crippen molar-refractivity contribution >= 4 is 27.5 Å². The molecule has 0 heterocycles. The number of para-hydroxylation sites is 2. The molecule has 9 heteroatoms. The minimum absolute atomic E-state index is 0.272. The summed E-state index contributed by atoms with van der Waals surface area (Å²) >= 11 is 0. The summed E-state index contributed by atoms with van der Waals surface area (Å²) in [5, 5.41) is 2.82. The quantitative estimate of drug-likeness (QED) is 0.467. The molecule has 0 aliphatic rings. The lowest BCUT2D eigenvalue weighted by atomic mass is 10.1. The van der Waals surface area contributed by atoms with E-state index >= 15 is 0 Å². The average molecular weight is 490 g/mol. The fraction of sp³-hybridized carbons (Fsp3) is 0.440. The van der Waals surface area contributed by atoms with E-state index in [1.807, 2.05) is 37.3 Å². The molecule has 0 saturated heterocycles. The van der Waals surface area contributed by atoms with E-state index in [9.17, 15) is 18.0 Å². The Morgan fingerprint density at radius 3 is 2.29 bits per heavy atom. The van der Waals surface area contributed by atoms with E-state index in [2.05, 4.69) is 5.32 Å². The van der Waals surface area contributed by atoms with Crippen molar-refractivity contribution in [3.63, 3.8) is 0 Å². The molecule has 186 valence electrons. The van der Waals surface area contributed by atoms with Crippen molar-refractivity contribution in [2.45, 2.75) is 39.7 Å². The Bertz CT molecular complexity index is 1040.